The molecule has 30 heavy (non-hydrogen) atoms. The van der Waals surface area contributed by atoms with Crippen molar-refractivity contribution >= 4 is 39.2 Å². The second-order valence-corrected chi connectivity index (χ2v) is 8.25. The van der Waals surface area contributed by atoms with Crippen LogP contribution in [0, 0.1) is 13.8 Å². The van der Waals surface area contributed by atoms with Crippen molar-refractivity contribution < 1.29 is 14.3 Å². The molecular weight excluding hydrogens is 402 g/mol. The predicted octanol–water partition coefficient (Wildman–Crippen LogP) is 2.98. The van der Waals surface area contributed by atoms with Crippen LogP contribution in [0.25, 0.3) is 10.2 Å². The van der Waals surface area contributed by atoms with Crippen LogP contribution in [0.3, 0.4) is 0 Å². The van der Waals surface area contributed by atoms with Crippen LogP contribution in [-0.2, 0) is 11.3 Å². The number of rotatable bonds is 3. The van der Waals surface area contributed by atoms with Gasteiger partial charge >= 0.3 is 6.09 Å². The van der Waals surface area contributed by atoms with Crippen LogP contribution >= 0.6 is 11.3 Å². The summed E-state index contributed by atoms with van der Waals surface area (Å²) >= 11 is 1.27. The van der Waals surface area contributed by atoms with Crippen LogP contribution in [0.2, 0.25) is 0 Å². The number of fused-ring (bicyclic) bond motifs is 1. The highest BCUT2D eigenvalue weighted by Crippen LogP contribution is 2.35. The number of hydrogen-bond donors (Lipinski definition) is 1. The van der Waals surface area contributed by atoms with E-state index < -0.39 is 0 Å². The van der Waals surface area contributed by atoms with Gasteiger partial charge in [-0.1, -0.05) is 30.3 Å². The van der Waals surface area contributed by atoms with E-state index >= 15 is 0 Å². The highest BCUT2D eigenvalue weighted by atomic mass is 32.1. The fourth-order valence-corrected chi connectivity index (χ4v) is 4.51. The molecule has 0 aliphatic carbocycles. The van der Waals surface area contributed by atoms with Crippen molar-refractivity contribution in [3.05, 3.63) is 52.0 Å². The molecule has 1 aromatic carbocycles. The van der Waals surface area contributed by atoms with E-state index in [1.165, 1.54) is 11.3 Å². The molecule has 0 atom stereocenters. The fourth-order valence-electron chi connectivity index (χ4n) is 3.45. The van der Waals surface area contributed by atoms with E-state index in [0.29, 0.717) is 41.6 Å². The molecule has 1 aliphatic rings. The van der Waals surface area contributed by atoms with E-state index in [1.807, 2.05) is 44.2 Å². The lowest BCUT2D eigenvalue weighted by Crippen LogP contribution is -2.50. The lowest BCUT2D eigenvalue weighted by molar-refractivity contribution is 0.0548. The van der Waals surface area contributed by atoms with Crippen molar-refractivity contribution in [3.8, 4) is 0 Å². The predicted molar refractivity (Wildman–Crippen MR) is 115 cm³/mol. The number of carbonyl (C=O) groups excluding carboxylic acids is 2. The molecule has 0 bridgehead atoms. The average molecular weight is 426 g/mol. The molecule has 4 rings (SSSR count). The Hall–Kier alpha value is -3.20. The summed E-state index contributed by atoms with van der Waals surface area (Å²) in [5, 5.41) is 9.11. The van der Waals surface area contributed by atoms with Crippen molar-refractivity contribution in [1.82, 2.24) is 20.0 Å². The summed E-state index contributed by atoms with van der Waals surface area (Å²) in [5.41, 5.74) is 9.44. The minimum atomic E-state index is -0.367. The summed E-state index contributed by atoms with van der Waals surface area (Å²) in [4.78, 5) is 29.9. The topological polar surface area (TPSA) is 102 Å². The zero-order chi connectivity index (χ0) is 21.3. The third-order valence-corrected chi connectivity index (χ3v) is 6.44. The van der Waals surface area contributed by atoms with Gasteiger partial charge in [0.2, 0.25) is 0 Å². The summed E-state index contributed by atoms with van der Waals surface area (Å²) in [5.74, 6) is -0.134. The summed E-state index contributed by atoms with van der Waals surface area (Å²) in [7, 11) is 0. The average Bonchev–Trinajstić information content (AvgIpc) is 3.12. The number of nitrogens with two attached hydrogens (primary N) is 1. The van der Waals surface area contributed by atoms with Crippen molar-refractivity contribution in [2.75, 3.05) is 31.9 Å². The molecule has 156 valence electrons. The number of hydrogen-bond acceptors (Lipinski definition) is 7. The molecule has 0 spiro atoms. The van der Waals surface area contributed by atoms with E-state index in [4.69, 9.17) is 10.5 Å². The Balaban J connectivity index is 1.39. The zero-order valence-corrected chi connectivity index (χ0v) is 17.7. The molecule has 2 amide bonds. The Bertz CT molecular complexity index is 1090. The Morgan fingerprint density at radius 2 is 1.73 bits per heavy atom. The van der Waals surface area contributed by atoms with E-state index in [1.54, 1.807) is 9.80 Å². The molecule has 1 fully saturated rings. The first-order valence-electron chi connectivity index (χ1n) is 9.72. The van der Waals surface area contributed by atoms with Gasteiger partial charge in [-0.15, -0.1) is 16.4 Å². The highest BCUT2D eigenvalue weighted by Gasteiger charge is 2.29. The number of thiophene rings is 1. The maximum atomic E-state index is 13.0. The number of anilines is 1. The molecular formula is C21H23N5O3S. The van der Waals surface area contributed by atoms with E-state index in [0.717, 1.165) is 22.2 Å². The first-order valence-corrected chi connectivity index (χ1v) is 10.5. The highest BCUT2D eigenvalue weighted by molar-refractivity contribution is 7.21. The van der Waals surface area contributed by atoms with Crippen molar-refractivity contribution in [2.45, 2.75) is 20.5 Å². The van der Waals surface area contributed by atoms with Gasteiger partial charge in [0, 0.05) is 31.6 Å². The molecule has 8 nitrogen and oxygen atoms in total. The molecule has 1 aliphatic heterocycles. The normalized spacial score (nSPS) is 14.2. The molecule has 0 unspecified atom stereocenters. The maximum absolute atomic E-state index is 13.0. The first-order chi connectivity index (χ1) is 14.5. The van der Waals surface area contributed by atoms with Gasteiger partial charge < -0.3 is 20.3 Å². The molecule has 0 radical (unpaired) electrons. The van der Waals surface area contributed by atoms with Gasteiger partial charge in [0.05, 0.1) is 11.4 Å². The number of benzene rings is 1. The van der Waals surface area contributed by atoms with Crippen LogP contribution in [0.1, 0.15) is 26.5 Å². The van der Waals surface area contributed by atoms with Crippen molar-refractivity contribution in [2.24, 2.45) is 0 Å². The number of aryl methyl sites for hydroxylation is 2. The lowest BCUT2D eigenvalue weighted by atomic mass is 10.1. The number of carbonyl (C=O) groups is 2. The Morgan fingerprint density at radius 3 is 2.43 bits per heavy atom. The third-order valence-electron chi connectivity index (χ3n) is 5.36. The van der Waals surface area contributed by atoms with Crippen LogP contribution in [0.4, 0.5) is 10.5 Å². The number of aromatic nitrogens is 2. The number of amides is 2. The van der Waals surface area contributed by atoms with Crippen molar-refractivity contribution in [1.29, 1.82) is 0 Å². The number of piperazine rings is 1. The monoisotopic (exact) mass is 425 g/mol. The third kappa shape index (κ3) is 3.80. The molecule has 2 aromatic heterocycles. The van der Waals surface area contributed by atoms with Gasteiger partial charge in [0.25, 0.3) is 5.91 Å². The van der Waals surface area contributed by atoms with E-state index in [9.17, 15) is 9.59 Å². The molecule has 3 heterocycles. The standard InChI is InChI=1S/C21H23N5O3S/c1-13-14(2)23-24-19-16(13)17(22)18(30-19)20(27)25-8-10-26(11-9-25)21(28)29-12-15-6-4-3-5-7-15/h3-7H,8-12,22H2,1-2H3. The SMILES string of the molecule is Cc1nnc2sc(C(=O)N3CCN(C(=O)OCc4ccccc4)CC3)c(N)c2c1C. The van der Waals surface area contributed by atoms with Gasteiger partial charge in [-0.3, -0.25) is 4.79 Å². The summed E-state index contributed by atoms with van der Waals surface area (Å²) < 4.78 is 5.38. The summed E-state index contributed by atoms with van der Waals surface area (Å²) in [6, 6.07) is 9.54. The van der Waals surface area contributed by atoms with Crippen LogP contribution in [0.15, 0.2) is 30.3 Å². The summed E-state index contributed by atoms with van der Waals surface area (Å²) in [6.07, 6.45) is -0.367. The minimum Gasteiger partial charge on any atom is -0.445 e. The van der Waals surface area contributed by atoms with Crippen LogP contribution < -0.4 is 5.73 Å². The molecule has 3 aromatic rings. The molecule has 2 N–H and O–H groups in total. The van der Waals surface area contributed by atoms with Gasteiger partial charge in [-0.25, -0.2) is 4.79 Å². The number of nitrogen functional groups attached to an aromatic ring is 1. The maximum Gasteiger partial charge on any atom is 0.410 e. The van der Waals surface area contributed by atoms with Gasteiger partial charge in [0.1, 0.15) is 16.3 Å². The fraction of sp³-hybridized carbons (Fsp3) is 0.333. The Morgan fingerprint density at radius 1 is 1.07 bits per heavy atom. The van der Waals surface area contributed by atoms with Crippen LogP contribution in [-0.4, -0.2) is 58.2 Å². The first kappa shape index (κ1) is 20.1. The minimum absolute atomic E-state index is 0.134. The number of ether oxygens (including phenoxy) is 1. The molecule has 1 saturated heterocycles. The van der Waals surface area contributed by atoms with Gasteiger partial charge in [0.15, 0.2) is 0 Å². The molecule has 0 saturated carbocycles. The number of nitrogens with zero attached hydrogens (tertiary/aromatic N) is 4. The van der Waals surface area contributed by atoms with E-state index in [-0.39, 0.29) is 18.6 Å². The Labute approximate surface area is 178 Å². The van der Waals surface area contributed by atoms with Gasteiger partial charge in [-0.05, 0) is 25.0 Å². The Kier molecular flexibility index (Phi) is 5.54. The largest absolute Gasteiger partial charge is 0.445 e. The van der Waals surface area contributed by atoms with Crippen LogP contribution in [0.5, 0.6) is 0 Å². The summed E-state index contributed by atoms with van der Waals surface area (Å²) in [6.45, 7) is 5.73. The second kappa shape index (κ2) is 8.27. The molecule has 9 heteroatoms. The second-order valence-electron chi connectivity index (χ2n) is 7.25. The van der Waals surface area contributed by atoms with Crippen molar-refractivity contribution in [3.63, 3.8) is 0 Å². The lowest BCUT2D eigenvalue weighted by Gasteiger charge is -2.34. The van der Waals surface area contributed by atoms with E-state index in [2.05, 4.69) is 10.2 Å². The van der Waals surface area contributed by atoms with Gasteiger partial charge in [-0.2, -0.15) is 5.10 Å². The zero-order valence-electron chi connectivity index (χ0n) is 16.9. The smallest absolute Gasteiger partial charge is 0.410 e. The quantitative estimate of drug-likeness (QED) is 0.692.